The van der Waals surface area contributed by atoms with Gasteiger partial charge in [0.05, 0.1) is 12.2 Å². The molecule has 0 amide bonds. The van der Waals surface area contributed by atoms with Crippen molar-refractivity contribution < 1.29 is 0 Å². The lowest BCUT2D eigenvalue weighted by molar-refractivity contribution is 0.472. The summed E-state index contributed by atoms with van der Waals surface area (Å²) in [5.74, 6) is 0. The van der Waals surface area contributed by atoms with Gasteiger partial charge in [-0.3, -0.25) is 4.68 Å². The third kappa shape index (κ3) is 2.81. The van der Waals surface area contributed by atoms with E-state index in [1.165, 1.54) is 11.3 Å². The second-order valence-corrected chi connectivity index (χ2v) is 4.23. The fourth-order valence-electron chi connectivity index (χ4n) is 2.11. The monoisotopic (exact) mass is 209 g/mol. The Balaban J connectivity index is 2.77. The summed E-state index contributed by atoms with van der Waals surface area (Å²) in [6.45, 7) is 9.40. The molecule has 1 aromatic rings. The van der Waals surface area contributed by atoms with Crippen molar-refractivity contribution in [3.8, 4) is 0 Å². The van der Waals surface area contributed by atoms with E-state index < -0.39 is 0 Å². The van der Waals surface area contributed by atoms with E-state index in [0.717, 1.165) is 31.5 Å². The van der Waals surface area contributed by atoms with Crippen LogP contribution in [-0.2, 0) is 13.0 Å². The Bertz CT molecular complexity index is 315. The second-order valence-electron chi connectivity index (χ2n) is 4.23. The first kappa shape index (κ1) is 12.2. The van der Waals surface area contributed by atoms with E-state index in [4.69, 9.17) is 5.73 Å². The molecule has 1 aromatic heterocycles. The minimum atomic E-state index is 0.234. The molecule has 15 heavy (non-hydrogen) atoms. The van der Waals surface area contributed by atoms with Gasteiger partial charge in [0.2, 0.25) is 0 Å². The van der Waals surface area contributed by atoms with Crippen LogP contribution < -0.4 is 5.73 Å². The first-order valence-corrected chi connectivity index (χ1v) is 5.88. The number of aromatic nitrogens is 2. The zero-order valence-electron chi connectivity index (χ0n) is 10.4. The highest BCUT2D eigenvalue weighted by Crippen LogP contribution is 2.14. The summed E-state index contributed by atoms with van der Waals surface area (Å²) in [7, 11) is 0. The van der Waals surface area contributed by atoms with Crippen LogP contribution in [0.2, 0.25) is 0 Å². The maximum absolute atomic E-state index is 6.03. The molecule has 0 aliphatic rings. The van der Waals surface area contributed by atoms with Gasteiger partial charge < -0.3 is 5.73 Å². The van der Waals surface area contributed by atoms with E-state index in [1.54, 1.807) is 0 Å². The summed E-state index contributed by atoms with van der Waals surface area (Å²) in [4.78, 5) is 0. The van der Waals surface area contributed by atoms with Crippen LogP contribution in [0.25, 0.3) is 0 Å². The van der Waals surface area contributed by atoms with E-state index in [1.807, 2.05) is 0 Å². The van der Waals surface area contributed by atoms with E-state index in [0.29, 0.717) is 0 Å². The average molecular weight is 209 g/mol. The first-order valence-electron chi connectivity index (χ1n) is 5.88. The van der Waals surface area contributed by atoms with Crippen molar-refractivity contribution in [3.05, 3.63) is 17.0 Å². The summed E-state index contributed by atoms with van der Waals surface area (Å²) in [5, 5.41) is 4.54. The molecule has 2 N–H and O–H groups in total. The lowest BCUT2D eigenvalue weighted by Crippen LogP contribution is -2.27. The minimum Gasteiger partial charge on any atom is -0.326 e. The van der Waals surface area contributed by atoms with Crippen molar-refractivity contribution >= 4 is 0 Å². The lowest BCUT2D eigenvalue weighted by Gasteiger charge is -2.11. The number of hydrogen-bond acceptors (Lipinski definition) is 2. The van der Waals surface area contributed by atoms with Gasteiger partial charge in [0.15, 0.2) is 0 Å². The van der Waals surface area contributed by atoms with E-state index in [-0.39, 0.29) is 6.04 Å². The highest BCUT2D eigenvalue weighted by Gasteiger charge is 2.11. The molecule has 0 radical (unpaired) electrons. The molecule has 0 spiro atoms. The standard InChI is InChI=1S/C12H23N3/c1-5-7-11(13)8-15-10(4)12(6-2)9(3)14-15/h11H,5-8,13H2,1-4H3. The number of hydrogen-bond donors (Lipinski definition) is 1. The molecule has 3 heteroatoms. The van der Waals surface area contributed by atoms with Crippen molar-refractivity contribution in [2.45, 2.75) is 59.5 Å². The molecule has 3 nitrogen and oxygen atoms in total. The Morgan fingerprint density at radius 1 is 1.33 bits per heavy atom. The maximum atomic E-state index is 6.03. The molecule has 1 rings (SSSR count). The van der Waals surface area contributed by atoms with Gasteiger partial charge in [-0.15, -0.1) is 0 Å². The van der Waals surface area contributed by atoms with Crippen molar-refractivity contribution in [1.29, 1.82) is 0 Å². The van der Waals surface area contributed by atoms with Crippen LogP contribution in [0.1, 0.15) is 43.6 Å². The number of aryl methyl sites for hydroxylation is 1. The van der Waals surface area contributed by atoms with E-state index in [9.17, 15) is 0 Å². The number of nitrogens with two attached hydrogens (primary N) is 1. The predicted octanol–water partition coefficient (Wildman–Crippen LogP) is 2.19. The van der Waals surface area contributed by atoms with Crippen molar-refractivity contribution in [3.63, 3.8) is 0 Å². The zero-order chi connectivity index (χ0) is 11.4. The van der Waals surface area contributed by atoms with Crippen molar-refractivity contribution in [1.82, 2.24) is 9.78 Å². The Morgan fingerprint density at radius 3 is 2.47 bits per heavy atom. The van der Waals surface area contributed by atoms with Gasteiger partial charge in [0.25, 0.3) is 0 Å². The summed E-state index contributed by atoms with van der Waals surface area (Å²) < 4.78 is 2.06. The van der Waals surface area contributed by atoms with Crippen LogP contribution in [0.3, 0.4) is 0 Å². The quantitative estimate of drug-likeness (QED) is 0.808. The molecule has 0 fully saturated rings. The molecule has 0 aliphatic heterocycles. The number of nitrogens with zero attached hydrogens (tertiary/aromatic N) is 2. The summed E-state index contributed by atoms with van der Waals surface area (Å²) in [6, 6.07) is 0.234. The van der Waals surface area contributed by atoms with Crippen LogP contribution in [0.4, 0.5) is 0 Å². The smallest absolute Gasteiger partial charge is 0.0628 e. The summed E-state index contributed by atoms with van der Waals surface area (Å²) in [5.41, 5.74) is 9.83. The highest BCUT2D eigenvalue weighted by molar-refractivity contribution is 5.24. The fourth-order valence-corrected chi connectivity index (χ4v) is 2.11. The normalized spacial score (nSPS) is 13.1. The maximum Gasteiger partial charge on any atom is 0.0628 e. The summed E-state index contributed by atoms with van der Waals surface area (Å²) in [6.07, 6.45) is 3.27. The largest absolute Gasteiger partial charge is 0.326 e. The van der Waals surface area contributed by atoms with Gasteiger partial charge in [-0.05, 0) is 32.3 Å². The molecular weight excluding hydrogens is 186 g/mol. The molecule has 1 heterocycles. The molecule has 86 valence electrons. The fraction of sp³-hybridized carbons (Fsp3) is 0.750. The van der Waals surface area contributed by atoms with Gasteiger partial charge in [-0.2, -0.15) is 5.10 Å². The molecule has 1 unspecified atom stereocenters. The Labute approximate surface area is 92.7 Å². The van der Waals surface area contributed by atoms with Gasteiger partial charge in [0.1, 0.15) is 0 Å². The second kappa shape index (κ2) is 5.31. The highest BCUT2D eigenvalue weighted by atomic mass is 15.3. The van der Waals surface area contributed by atoms with Crippen LogP contribution in [0.15, 0.2) is 0 Å². The lowest BCUT2D eigenvalue weighted by atomic mass is 10.1. The van der Waals surface area contributed by atoms with E-state index in [2.05, 4.69) is 37.5 Å². The Morgan fingerprint density at radius 2 is 2.00 bits per heavy atom. The van der Waals surface area contributed by atoms with Crippen LogP contribution in [-0.4, -0.2) is 15.8 Å². The van der Waals surface area contributed by atoms with Crippen molar-refractivity contribution in [2.24, 2.45) is 5.73 Å². The molecule has 0 aliphatic carbocycles. The zero-order valence-corrected chi connectivity index (χ0v) is 10.4. The number of rotatable bonds is 5. The van der Waals surface area contributed by atoms with E-state index >= 15 is 0 Å². The third-order valence-electron chi connectivity index (χ3n) is 2.95. The molecular formula is C12H23N3. The van der Waals surface area contributed by atoms with Crippen molar-refractivity contribution in [2.75, 3.05) is 0 Å². The first-order chi connectivity index (χ1) is 7.10. The Kier molecular flexibility index (Phi) is 4.33. The third-order valence-corrected chi connectivity index (χ3v) is 2.95. The Hall–Kier alpha value is -0.830. The minimum absolute atomic E-state index is 0.234. The SMILES string of the molecule is CCCC(N)Cn1nc(C)c(CC)c1C. The van der Waals surface area contributed by atoms with Crippen LogP contribution in [0, 0.1) is 13.8 Å². The average Bonchev–Trinajstić information content (AvgIpc) is 2.42. The molecule has 0 aromatic carbocycles. The van der Waals surface area contributed by atoms with Crippen LogP contribution >= 0.6 is 0 Å². The van der Waals surface area contributed by atoms with Gasteiger partial charge in [-0.25, -0.2) is 0 Å². The molecule has 1 atom stereocenters. The van der Waals surface area contributed by atoms with Gasteiger partial charge in [-0.1, -0.05) is 20.3 Å². The molecule has 0 saturated heterocycles. The van der Waals surface area contributed by atoms with Gasteiger partial charge >= 0.3 is 0 Å². The van der Waals surface area contributed by atoms with Gasteiger partial charge in [0, 0.05) is 11.7 Å². The molecule has 0 saturated carbocycles. The van der Waals surface area contributed by atoms with Crippen LogP contribution in [0.5, 0.6) is 0 Å². The predicted molar refractivity (Wildman–Crippen MR) is 64.0 cm³/mol. The topological polar surface area (TPSA) is 43.8 Å². The summed E-state index contributed by atoms with van der Waals surface area (Å²) >= 11 is 0. The molecule has 0 bridgehead atoms.